The van der Waals surface area contributed by atoms with E-state index in [9.17, 15) is 4.79 Å². The fraction of sp³-hybridized carbons (Fsp3) is 0.417. The maximum Gasteiger partial charge on any atom is 0.230 e. The van der Waals surface area contributed by atoms with Gasteiger partial charge in [0.05, 0.1) is 5.75 Å². The molecule has 100 valence electrons. The molecule has 0 aliphatic heterocycles. The van der Waals surface area contributed by atoms with Crippen molar-refractivity contribution in [3.8, 4) is 0 Å². The number of hydrogen-bond donors (Lipinski definition) is 2. The van der Waals surface area contributed by atoms with E-state index in [1.54, 1.807) is 12.1 Å². The summed E-state index contributed by atoms with van der Waals surface area (Å²) in [5.74, 6) is 1.18. The van der Waals surface area contributed by atoms with Crippen LogP contribution in [0.4, 0.5) is 0 Å². The monoisotopic (exact) mass is 306 g/mol. The summed E-state index contributed by atoms with van der Waals surface area (Å²) in [4.78, 5) is 11.4. The Balaban J connectivity index is 2.26. The van der Waals surface area contributed by atoms with Gasteiger partial charge in [-0.15, -0.1) is 11.8 Å². The van der Waals surface area contributed by atoms with Gasteiger partial charge in [-0.1, -0.05) is 29.3 Å². The largest absolute Gasteiger partial charge is 0.354 e. The number of amides is 1. The number of carbonyl (C=O) groups is 1. The van der Waals surface area contributed by atoms with Gasteiger partial charge in [-0.05, 0) is 24.7 Å². The van der Waals surface area contributed by atoms with Crippen LogP contribution in [0.15, 0.2) is 18.2 Å². The van der Waals surface area contributed by atoms with Crippen molar-refractivity contribution < 1.29 is 4.79 Å². The number of halogens is 2. The van der Waals surface area contributed by atoms with Gasteiger partial charge >= 0.3 is 0 Å². The molecule has 0 saturated carbocycles. The van der Waals surface area contributed by atoms with E-state index in [1.165, 1.54) is 11.8 Å². The Kier molecular flexibility index (Phi) is 7.51. The molecule has 0 aromatic heterocycles. The number of likely N-dealkylation sites (N-methyl/N-ethyl adjacent to an activating group) is 1. The molecule has 0 bridgehead atoms. The SMILES string of the molecule is CNCCNC(=O)CSCc1ccc(Cl)cc1Cl. The molecule has 0 spiro atoms. The highest BCUT2D eigenvalue weighted by molar-refractivity contribution is 7.99. The van der Waals surface area contributed by atoms with Crippen LogP contribution in [0.2, 0.25) is 10.0 Å². The van der Waals surface area contributed by atoms with E-state index < -0.39 is 0 Å². The third-order valence-electron chi connectivity index (χ3n) is 2.20. The van der Waals surface area contributed by atoms with Crippen molar-refractivity contribution in [3.05, 3.63) is 33.8 Å². The predicted molar refractivity (Wildman–Crippen MR) is 79.6 cm³/mol. The van der Waals surface area contributed by atoms with Crippen molar-refractivity contribution in [2.45, 2.75) is 5.75 Å². The first kappa shape index (κ1) is 15.6. The maximum absolute atomic E-state index is 11.4. The van der Waals surface area contributed by atoms with Crippen molar-refractivity contribution in [1.82, 2.24) is 10.6 Å². The number of nitrogens with one attached hydrogen (secondary N) is 2. The van der Waals surface area contributed by atoms with Crippen LogP contribution < -0.4 is 10.6 Å². The van der Waals surface area contributed by atoms with Crippen LogP contribution in [0.3, 0.4) is 0 Å². The van der Waals surface area contributed by atoms with E-state index in [0.717, 1.165) is 12.1 Å². The minimum Gasteiger partial charge on any atom is -0.354 e. The van der Waals surface area contributed by atoms with E-state index in [2.05, 4.69) is 10.6 Å². The van der Waals surface area contributed by atoms with Crippen LogP contribution in [-0.2, 0) is 10.5 Å². The Labute approximate surface area is 122 Å². The third kappa shape index (κ3) is 5.96. The highest BCUT2D eigenvalue weighted by atomic mass is 35.5. The maximum atomic E-state index is 11.4. The molecule has 3 nitrogen and oxygen atoms in total. The Morgan fingerprint density at radius 1 is 1.33 bits per heavy atom. The zero-order chi connectivity index (χ0) is 13.4. The van der Waals surface area contributed by atoms with Gasteiger partial charge in [0, 0.05) is 28.9 Å². The lowest BCUT2D eigenvalue weighted by atomic mass is 10.2. The summed E-state index contributed by atoms with van der Waals surface area (Å²) in [6.45, 7) is 1.43. The summed E-state index contributed by atoms with van der Waals surface area (Å²) in [7, 11) is 1.85. The highest BCUT2D eigenvalue weighted by Gasteiger charge is 2.04. The summed E-state index contributed by atoms with van der Waals surface area (Å²) in [5.41, 5.74) is 0.995. The van der Waals surface area contributed by atoms with Crippen LogP contribution in [0.1, 0.15) is 5.56 Å². The number of carbonyl (C=O) groups excluding carboxylic acids is 1. The number of thioether (sulfide) groups is 1. The van der Waals surface area contributed by atoms with Gasteiger partial charge < -0.3 is 10.6 Å². The smallest absolute Gasteiger partial charge is 0.230 e. The van der Waals surface area contributed by atoms with E-state index in [0.29, 0.717) is 28.1 Å². The van der Waals surface area contributed by atoms with Gasteiger partial charge in [0.25, 0.3) is 0 Å². The van der Waals surface area contributed by atoms with E-state index >= 15 is 0 Å². The number of rotatable bonds is 7. The van der Waals surface area contributed by atoms with Crippen molar-refractivity contribution in [2.75, 3.05) is 25.9 Å². The zero-order valence-corrected chi connectivity index (χ0v) is 12.5. The topological polar surface area (TPSA) is 41.1 Å². The van der Waals surface area contributed by atoms with Crippen LogP contribution in [-0.4, -0.2) is 31.8 Å². The Morgan fingerprint density at radius 3 is 2.78 bits per heavy atom. The first-order valence-corrected chi connectivity index (χ1v) is 7.47. The fourth-order valence-electron chi connectivity index (χ4n) is 1.27. The van der Waals surface area contributed by atoms with Crippen molar-refractivity contribution in [2.24, 2.45) is 0 Å². The molecule has 0 fully saturated rings. The van der Waals surface area contributed by atoms with Gasteiger partial charge in [0.2, 0.25) is 5.91 Å². The second kappa shape index (κ2) is 8.64. The molecule has 6 heteroatoms. The Morgan fingerprint density at radius 2 is 2.11 bits per heavy atom. The molecule has 0 unspecified atom stereocenters. The Hall–Kier alpha value is -0.420. The molecule has 0 radical (unpaired) electrons. The molecule has 1 amide bonds. The molecule has 0 atom stereocenters. The summed E-state index contributed by atoms with van der Waals surface area (Å²) >= 11 is 13.4. The third-order valence-corrected chi connectivity index (χ3v) is 3.77. The average molecular weight is 307 g/mol. The van der Waals surface area contributed by atoms with Gasteiger partial charge in [-0.25, -0.2) is 0 Å². The predicted octanol–water partition coefficient (Wildman–Crippen LogP) is 2.56. The minimum absolute atomic E-state index is 0.0420. The molecule has 1 aromatic carbocycles. The van der Waals surface area contributed by atoms with E-state index in [4.69, 9.17) is 23.2 Å². The lowest BCUT2D eigenvalue weighted by Crippen LogP contribution is -2.31. The zero-order valence-electron chi connectivity index (χ0n) is 10.1. The van der Waals surface area contributed by atoms with Gasteiger partial charge in [-0.3, -0.25) is 4.79 Å². The summed E-state index contributed by atoms with van der Waals surface area (Å²) < 4.78 is 0. The molecule has 0 heterocycles. The number of benzene rings is 1. The minimum atomic E-state index is 0.0420. The van der Waals surface area contributed by atoms with E-state index in [1.807, 2.05) is 13.1 Å². The van der Waals surface area contributed by atoms with Crippen molar-refractivity contribution >= 4 is 40.9 Å². The fourth-order valence-corrected chi connectivity index (χ4v) is 2.69. The van der Waals surface area contributed by atoms with Gasteiger partial charge in [0.15, 0.2) is 0 Å². The van der Waals surface area contributed by atoms with Crippen LogP contribution in [0.25, 0.3) is 0 Å². The van der Waals surface area contributed by atoms with Crippen LogP contribution in [0.5, 0.6) is 0 Å². The molecule has 1 aromatic rings. The number of hydrogen-bond acceptors (Lipinski definition) is 3. The summed E-state index contributed by atoms with van der Waals surface area (Å²) in [6, 6.07) is 5.40. The molecular formula is C12H16Cl2N2OS. The van der Waals surface area contributed by atoms with Crippen LogP contribution >= 0.6 is 35.0 Å². The van der Waals surface area contributed by atoms with Crippen LogP contribution in [0, 0.1) is 0 Å². The first-order valence-electron chi connectivity index (χ1n) is 5.56. The molecule has 0 saturated heterocycles. The standard InChI is InChI=1S/C12H16Cl2N2OS/c1-15-4-5-16-12(17)8-18-7-9-2-3-10(13)6-11(9)14/h2-3,6,15H,4-5,7-8H2,1H3,(H,16,17). The Bertz CT molecular complexity index is 402. The lowest BCUT2D eigenvalue weighted by molar-refractivity contribution is -0.118. The normalized spacial score (nSPS) is 10.4. The molecule has 2 N–H and O–H groups in total. The van der Waals surface area contributed by atoms with Crippen molar-refractivity contribution in [1.29, 1.82) is 0 Å². The van der Waals surface area contributed by atoms with Crippen molar-refractivity contribution in [3.63, 3.8) is 0 Å². The van der Waals surface area contributed by atoms with E-state index in [-0.39, 0.29) is 5.91 Å². The molecule has 0 aliphatic rings. The summed E-state index contributed by atoms with van der Waals surface area (Å²) in [5, 5.41) is 7.05. The molecular weight excluding hydrogens is 291 g/mol. The highest BCUT2D eigenvalue weighted by Crippen LogP contribution is 2.24. The first-order chi connectivity index (χ1) is 8.63. The molecule has 18 heavy (non-hydrogen) atoms. The average Bonchev–Trinajstić information content (AvgIpc) is 2.32. The van der Waals surface area contributed by atoms with Gasteiger partial charge in [-0.2, -0.15) is 0 Å². The quantitative estimate of drug-likeness (QED) is 0.761. The molecule has 1 rings (SSSR count). The lowest BCUT2D eigenvalue weighted by Gasteiger charge is -2.06. The molecule has 0 aliphatic carbocycles. The second-order valence-electron chi connectivity index (χ2n) is 3.68. The van der Waals surface area contributed by atoms with Gasteiger partial charge in [0.1, 0.15) is 0 Å². The summed E-state index contributed by atoms with van der Waals surface area (Å²) in [6.07, 6.45) is 0. The second-order valence-corrected chi connectivity index (χ2v) is 5.51.